The standard InChI is InChI=1S/C17H19N3O/c1-10-7-15-16(8-11(10)2)20-17(19-15)14(18)9-12-3-5-13(21)6-4-12/h3-8,14,21H,9,18H2,1-2H3,(H,19,20). The van der Waals surface area contributed by atoms with Crippen molar-refractivity contribution in [3.05, 3.63) is 58.9 Å². The SMILES string of the molecule is Cc1cc2nc(C(N)Cc3ccc(O)cc3)[nH]c2cc1C. The number of hydrogen-bond acceptors (Lipinski definition) is 3. The van der Waals surface area contributed by atoms with Gasteiger partial charge in [0.1, 0.15) is 11.6 Å². The summed E-state index contributed by atoms with van der Waals surface area (Å²) in [7, 11) is 0. The van der Waals surface area contributed by atoms with Crippen molar-refractivity contribution >= 4 is 11.0 Å². The number of aromatic hydroxyl groups is 1. The second-order valence-corrected chi connectivity index (χ2v) is 5.55. The van der Waals surface area contributed by atoms with Crippen molar-refractivity contribution in [1.29, 1.82) is 0 Å². The number of hydrogen-bond donors (Lipinski definition) is 3. The molecule has 0 bridgehead atoms. The first-order valence-corrected chi connectivity index (χ1v) is 7.03. The molecular weight excluding hydrogens is 262 g/mol. The highest BCUT2D eigenvalue weighted by Gasteiger charge is 2.13. The highest BCUT2D eigenvalue weighted by atomic mass is 16.3. The van der Waals surface area contributed by atoms with Crippen molar-refractivity contribution in [3.8, 4) is 5.75 Å². The number of aromatic amines is 1. The minimum Gasteiger partial charge on any atom is -0.508 e. The molecule has 2 aromatic carbocycles. The van der Waals surface area contributed by atoms with Crippen LogP contribution < -0.4 is 5.73 Å². The number of rotatable bonds is 3. The Labute approximate surface area is 123 Å². The van der Waals surface area contributed by atoms with Gasteiger partial charge >= 0.3 is 0 Å². The van der Waals surface area contributed by atoms with E-state index < -0.39 is 0 Å². The zero-order chi connectivity index (χ0) is 15.0. The Balaban J connectivity index is 1.87. The van der Waals surface area contributed by atoms with E-state index in [0.29, 0.717) is 6.42 Å². The quantitative estimate of drug-likeness (QED) is 0.690. The molecule has 0 fully saturated rings. The van der Waals surface area contributed by atoms with Gasteiger partial charge in [-0.05, 0) is 61.2 Å². The number of fused-ring (bicyclic) bond motifs is 1. The lowest BCUT2D eigenvalue weighted by Crippen LogP contribution is -2.14. The zero-order valence-corrected chi connectivity index (χ0v) is 12.2. The first kappa shape index (κ1) is 13.6. The van der Waals surface area contributed by atoms with Crippen LogP contribution >= 0.6 is 0 Å². The molecule has 1 heterocycles. The first-order chi connectivity index (χ1) is 10.0. The Morgan fingerprint density at radius 1 is 1.14 bits per heavy atom. The lowest BCUT2D eigenvalue weighted by Gasteiger charge is -2.08. The van der Waals surface area contributed by atoms with E-state index in [2.05, 4.69) is 35.9 Å². The molecule has 4 nitrogen and oxygen atoms in total. The number of nitrogens with two attached hydrogens (primary N) is 1. The molecule has 3 rings (SSSR count). The van der Waals surface area contributed by atoms with Gasteiger partial charge in [-0.1, -0.05) is 12.1 Å². The minimum atomic E-state index is -0.192. The van der Waals surface area contributed by atoms with Gasteiger partial charge in [0.2, 0.25) is 0 Å². The van der Waals surface area contributed by atoms with Crippen molar-refractivity contribution in [2.24, 2.45) is 5.73 Å². The molecule has 0 amide bonds. The third-order valence-electron chi connectivity index (χ3n) is 3.86. The van der Waals surface area contributed by atoms with Gasteiger partial charge in [0.25, 0.3) is 0 Å². The molecule has 0 saturated carbocycles. The van der Waals surface area contributed by atoms with E-state index in [0.717, 1.165) is 22.4 Å². The zero-order valence-electron chi connectivity index (χ0n) is 12.2. The van der Waals surface area contributed by atoms with E-state index in [9.17, 15) is 5.11 Å². The molecule has 1 atom stereocenters. The molecule has 1 unspecified atom stereocenters. The number of phenolic OH excluding ortho intramolecular Hbond substituents is 1. The first-order valence-electron chi connectivity index (χ1n) is 7.03. The van der Waals surface area contributed by atoms with Gasteiger partial charge in [-0.25, -0.2) is 4.98 Å². The summed E-state index contributed by atoms with van der Waals surface area (Å²) in [6.45, 7) is 4.17. The van der Waals surface area contributed by atoms with Gasteiger partial charge in [0.15, 0.2) is 0 Å². The van der Waals surface area contributed by atoms with E-state index in [1.54, 1.807) is 12.1 Å². The van der Waals surface area contributed by atoms with Crippen molar-refractivity contribution in [1.82, 2.24) is 9.97 Å². The maximum absolute atomic E-state index is 9.31. The molecule has 0 saturated heterocycles. The summed E-state index contributed by atoms with van der Waals surface area (Å²) >= 11 is 0. The van der Waals surface area contributed by atoms with E-state index in [4.69, 9.17) is 5.73 Å². The molecular formula is C17H19N3O. The number of H-pyrrole nitrogens is 1. The van der Waals surface area contributed by atoms with Gasteiger partial charge in [-0.3, -0.25) is 0 Å². The minimum absolute atomic E-state index is 0.192. The number of aryl methyl sites for hydroxylation is 2. The maximum atomic E-state index is 9.31. The average molecular weight is 281 g/mol. The fourth-order valence-electron chi connectivity index (χ4n) is 2.45. The third-order valence-corrected chi connectivity index (χ3v) is 3.86. The van der Waals surface area contributed by atoms with Gasteiger partial charge in [0.05, 0.1) is 17.1 Å². The normalized spacial score (nSPS) is 12.7. The summed E-state index contributed by atoms with van der Waals surface area (Å²) in [5, 5.41) is 9.31. The summed E-state index contributed by atoms with van der Waals surface area (Å²) in [6.07, 6.45) is 0.679. The van der Waals surface area contributed by atoms with Crippen LogP contribution in [-0.2, 0) is 6.42 Å². The highest BCUT2D eigenvalue weighted by Crippen LogP contribution is 2.21. The second kappa shape index (κ2) is 5.22. The van der Waals surface area contributed by atoms with Gasteiger partial charge in [-0.15, -0.1) is 0 Å². The second-order valence-electron chi connectivity index (χ2n) is 5.55. The van der Waals surface area contributed by atoms with Gasteiger partial charge in [0, 0.05) is 0 Å². The fourth-order valence-corrected chi connectivity index (χ4v) is 2.45. The van der Waals surface area contributed by atoms with Crippen LogP contribution in [0.2, 0.25) is 0 Å². The van der Waals surface area contributed by atoms with Gasteiger partial charge in [-0.2, -0.15) is 0 Å². The molecule has 0 spiro atoms. The largest absolute Gasteiger partial charge is 0.508 e. The third kappa shape index (κ3) is 2.76. The number of phenols is 1. The number of benzene rings is 2. The summed E-state index contributed by atoms with van der Waals surface area (Å²) in [6, 6.07) is 11.1. The number of aromatic nitrogens is 2. The van der Waals surface area contributed by atoms with Crippen LogP contribution in [0, 0.1) is 13.8 Å². The van der Waals surface area contributed by atoms with E-state index in [-0.39, 0.29) is 11.8 Å². The molecule has 0 aliphatic carbocycles. The highest BCUT2D eigenvalue weighted by molar-refractivity contribution is 5.77. The molecule has 4 N–H and O–H groups in total. The number of imidazole rings is 1. The smallest absolute Gasteiger partial charge is 0.124 e. The molecule has 108 valence electrons. The lowest BCUT2D eigenvalue weighted by molar-refractivity contribution is 0.475. The Morgan fingerprint density at radius 3 is 2.52 bits per heavy atom. The van der Waals surface area contributed by atoms with Crippen LogP contribution in [-0.4, -0.2) is 15.1 Å². The Bertz CT molecular complexity index is 736. The van der Waals surface area contributed by atoms with Crippen LogP contribution in [0.5, 0.6) is 5.75 Å². The van der Waals surface area contributed by atoms with Crippen LogP contribution in [0.3, 0.4) is 0 Å². The topological polar surface area (TPSA) is 74.9 Å². The molecule has 1 aromatic heterocycles. The maximum Gasteiger partial charge on any atom is 0.124 e. The monoisotopic (exact) mass is 281 g/mol. The molecule has 21 heavy (non-hydrogen) atoms. The summed E-state index contributed by atoms with van der Waals surface area (Å²) in [4.78, 5) is 7.91. The Morgan fingerprint density at radius 2 is 1.81 bits per heavy atom. The van der Waals surface area contributed by atoms with Crippen molar-refractivity contribution in [2.75, 3.05) is 0 Å². The number of nitrogens with one attached hydrogen (secondary N) is 1. The van der Waals surface area contributed by atoms with Crippen LogP contribution in [0.4, 0.5) is 0 Å². The predicted octanol–water partition coefficient (Wildman–Crippen LogP) is 3.13. The van der Waals surface area contributed by atoms with Crippen molar-refractivity contribution in [3.63, 3.8) is 0 Å². The van der Waals surface area contributed by atoms with Crippen LogP contribution in [0.1, 0.15) is 28.6 Å². The lowest BCUT2D eigenvalue weighted by atomic mass is 10.1. The van der Waals surface area contributed by atoms with E-state index in [1.165, 1.54) is 11.1 Å². The fraction of sp³-hybridized carbons (Fsp3) is 0.235. The summed E-state index contributed by atoms with van der Waals surface area (Å²) in [5.41, 5.74) is 11.8. The summed E-state index contributed by atoms with van der Waals surface area (Å²) < 4.78 is 0. The molecule has 0 aliphatic rings. The molecule has 3 aromatic rings. The molecule has 0 aliphatic heterocycles. The molecule has 4 heteroatoms. The van der Waals surface area contributed by atoms with Gasteiger partial charge < -0.3 is 15.8 Å². The summed E-state index contributed by atoms with van der Waals surface area (Å²) in [5.74, 6) is 1.06. The average Bonchev–Trinajstić information content (AvgIpc) is 2.85. The Hall–Kier alpha value is -2.33. The molecule has 0 radical (unpaired) electrons. The predicted molar refractivity (Wildman–Crippen MR) is 84.3 cm³/mol. The van der Waals surface area contributed by atoms with E-state index >= 15 is 0 Å². The number of nitrogens with zero attached hydrogens (tertiary/aromatic N) is 1. The van der Waals surface area contributed by atoms with Crippen molar-refractivity contribution in [2.45, 2.75) is 26.3 Å². The van der Waals surface area contributed by atoms with Crippen LogP contribution in [0.25, 0.3) is 11.0 Å². The van der Waals surface area contributed by atoms with Crippen molar-refractivity contribution < 1.29 is 5.11 Å². The van der Waals surface area contributed by atoms with Crippen LogP contribution in [0.15, 0.2) is 36.4 Å². The Kier molecular flexibility index (Phi) is 3.39. The van der Waals surface area contributed by atoms with E-state index in [1.807, 2.05) is 12.1 Å².